The molecule has 0 radical (unpaired) electrons. The van der Waals surface area contributed by atoms with E-state index in [0.29, 0.717) is 11.3 Å². The highest BCUT2D eigenvalue weighted by Gasteiger charge is 2.24. The molecule has 0 bridgehead atoms. The summed E-state index contributed by atoms with van der Waals surface area (Å²) in [5.41, 5.74) is 0.365. The van der Waals surface area contributed by atoms with Crippen LogP contribution in [0.15, 0.2) is 0 Å². The molecule has 13 heavy (non-hydrogen) atoms. The van der Waals surface area contributed by atoms with E-state index in [0.717, 1.165) is 11.8 Å². The fourth-order valence-corrected chi connectivity index (χ4v) is 2.33. The van der Waals surface area contributed by atoms with E-state index < -0.39 is 0 Å². The third kappa shape index (κ3) is 5.57. The summed E-state index contributed by atoms with van der Waals surface area (Å²) in [6.45, 7) is 11.5. The van der Waals surface area contributed by atoms with Crippen LogP contribution in [0.3, 0.4) is 0 Å². The summed E-state index contributed by atoms with van der Waals surface area (Å²) in [6, 6.07) is 0. The van der Waals surface area contributed by atoms with Gasteiger partial charge in [-0.05, 0) is 23.7 Å². The molecular formula is C12H25Cl. The maximum absolute atomic E-state index is 6.00. The van der Waals surface area contributed by atoms with E-state index >= 15 is 0 Å². The number of hydrogen-bond acceptors (Lipinski definition) is 0. The Morgan fingerprint density at radius 2 is 1.77 bits per heavy atom. The number of hydrogen-bond donors (Lipinski definition) is 0. The maximum Gasteiger partial charge on any atom is 0.0256 e. The summed E-state index contributed by atoms with van der Waals surface area (Å²) in [5, 5.41) is 0. The van der Waals surface area contributed by atoms with Crippen molar-refractivity contribution in [1.29, 1.82) is 0 Å². The van der Waals surface area contributed by atoms with Gasteiger partial charge in [0.15, 0.2) is 0 Å². The highest BCUT2D eigenvalue weighted by molar-refractivity contribution is 6.18. The highest BCUT2D eigenvalue weighted by Crippen LogP contribution is 2.33. The second-order valence-electron chi connectivity index (χ2n) is 5.35. The average Bonchev–Trinajstić information content (AvgIpc) is 1.98. The lowest BCUT2D eigenvalue weighted by atomic mass is 9.76. The lowest BCUT2D eigenvalue weighted by molar-refractivity contribution is 0.218. The van der Waals surface area contributed by atoms with Gasteiger partial charge in [0.25, 0.3) is 0 Å². The predicted molar refractivity (Wildman–Crippen MR) is 62.4 cm³/mol. The van der Waals surface area contributed by atoms with Crippen LogP contribution in [0, 0.1) is 17.3 Å². The minimum Gasteiger partial charge on any atom is -0.126 e. The van der Waals surface area contributed by atoms with Crippen LogP contribution in [0.2, 0.25) is 0 Å². The average molecular weight is 205 g/mol. The molecule has 0 amide bonds. The fraction of sp³-hybridized carbons (Fsp3) is 1.00. The summed E-state index contributed by atoms with van der Waals surface area (Å²) < 4.78 is 0. The van der Waals surface area contributed by atoms with Gasteiger partial charge in [0.05, 0.1) is 0 Å². The molecule has 0 N–H and O–H groups in total. The van der Waals surface area contributed by atoms with Crippen LogP contribution in [0.4, 0.5) is 0 Å². The Morgan fingerprint density at radius 3 is 2.08 bits per heavy atom. The van der Waals surface area contributed by atoms with E-state index in [1.165, 1.54) is 19.3 Å². The largest absolute Gasteiger partial charge is 0.126 e. The van der Waals surface area contributed by atoms with E-state index in [4.69, 9.17) is 11.6 Å². The van der Waals surface area contributed by atoms with E-state index in [1.54, 1.807) is 0 Å². The zero-order valence-corrected chi connectivity index (χ0v) is 10.6. The number of rotatable bonds is 5. The number of halogens is 1. The molecular weight excluding hydrogens is 180 g/mol. The van der Waals surface area contributed by atoms with Crippen LogP contribution in [0.25, 0.3) is 0 Å². The number of alkyl halides is 1. The Labute approximate surface area is 89.1 Å². The zero-order valence-electron chi connectivity index (χ0n) is 9.86. The first-order valence-corrected chi connectivity index (χ1v) is 6.01. The lowest BCUT2D eigenvalue weighted by Crippen LogP contribution is -2.24. The van der Waals surface area contributed by atoms with E-state index in [1.807, 2.05) is 0 Å². The van der Waals surface area contributed by atoms with Crippen LogP contribution in [0.1, 0.15) is 53.9 Å². The van der Waals surface area contributed by atoms with Gasteiger partial charge in [-0.2, -0.15) is 0 Å². The van der Waals surface area contributed by atoms with Crippen LogP contribution in [-0.2, 0) is 0 Å². The van der Waals surface area contributed by atoms with Gasteiger partial charge in [-0.1, -0.05) is 47.5 Å². The molecule has 0 aromatic heterocycles. The van der Waals surface area contributed by atoms with Gasteiger partial charge < -0.3 is 0 Å². The van der Waals surface area contributed by atoms with Gasteiger partial charge in [-0.3, -0.25) is 0 Å². The molecule has 0 aromatic rings. The Hall–Kier alpha value is 0.290. The van der Waals surface area contributed by atoms with Crippen molar-refractivity contribution in [2.75, 3.05) is 5.88 Å². The molecule has 2 atom stereocenters. The molecule has 0 aliphatic heterocycles. The second-order valence-corrected chi connectivity index (χ2v) is 5.66. The highest BCUT2D eigenvalue weighted by atomic mass is 35.5. The Balaban J connectivity index is 3.98. The standard InChI is InChI=1S/C12H25Cl/c1-6-7-10(2)8-11(9-13)12(3,4)5/h10-11H,6-9H2,1-5H3. The fourth-order valence-electron chi connectivity index (χ4n) is 1.74. The minimum absolute atomic E-state index is 0.365. The van der Waals surface area contributed by atoms with Crippen LogP contribution in [-0.4, -0.2) is 5.88 Å². The van der Waals surface area contributed by atoms with Gasteiger partial charge in [-0.15, -0.1) is 11.6 Å². The molecule has 0 saturated carbocycles. The predicted octanol–water partition coefficient (Wildman–Crippen LogP) is 4.71. The van der Waals surface area contributed by atoms with Crippen molar-refractivity contribution >= 4 is 11.6 Å². The molecule has 0 fully saturated rings. The topological polar surface area (TPSA) is 0 Å². The minimum atomic E-state index is 0.365. The van der Waals surface area contributed by atoms with Gasteiger partial charge in [0.2, 0.25) is 0 Å². The molecule has 0 saturated heterocycles. The van der Waals surface area contributed by atoms with Gasteiger partial charge >= 0.3 is 0 Å². The van der Waals surface area contributed by atoms with Gasteiger partial charge in [0, 0.05) is 5.88 Å². The molecule has 0 aliphatic rings. The smallest absolute Gasteiger partial charge is 0.0256 e. The van der Waals surface area contributed by atoms with Crippen molar-refractivity contribution in [1.82, 2.24) is 0 Å². The van der Waals surface area contributed by atoms with Gasteiger partial charge in [0.1, 0.15) is 0 Å². The van der Waals surface area contributed by atoms with Crippen molar-refractivity contribution in [3.8, 4) is 0 Å². The molecule has 0 rings (SSSR count). The molecule has 80 valence electrons. The Bertz CT molecular complexity index is 124. The van der Waals surface area contributed by atoms with E-state index in [9.17, 15) is 0 Å². The quantitative estimate of drug-likeness (QED) is 0.569. The SMILES string of the molecule is CCCC(C)CC(CCl)C(C)(C)C. The molecule has 0 aliphatic carbocycles. The van der Waals surface area contributed by atoms with Crippen molar-refractivity contribution in [3.05, 3.63) is 0 Å². The normalized spacial score (nSPS) is 17.1. The molecule has 0 spiro atoms. The first-order valence-electron chi connectivity index (χ1n) is 5.47. The lowest BCUT2D eigenvalue weighted by Gasteiger charge is -2.31. The Morgan fingerprint density at radius 1 is 1.23 bits per heavy atom. The van der Waals surface area contributed by atoms with Crippen molar-refractivity contribution in [2.24, 2.45) is 17.3 Å². The third-order valence-electron chi connectivity index (χ3n) is 2.88. The monoisotopic (exact) mass is 204 g/mol. The van der Waals surface area contributed by atoms with Crippen molar-refractivity contribution in [3.63, 3.8) is 0 Å². The molecule has 2 unspecified atom stereocenters. The summed E-state index contributed by atoms with van der Waals surface area (Å²) in [5.74, 6) is 2.29. The molecule has 0 nitrogen and oxygen atoms in total. The third-order valence-corrected chi connectivity index (χ3v) is 3.25. The van der Waals surface area contributed by atoms with Crippen LogP contribution >= 0.6 is 11.6 Å². The molecule has 1 heteroatoms. The van der Waals surface area contributed by atoms with Crippen LogP contribution < -0.4 is 0 Å². The maximum atomic E-state index is 6.00. The Kier molecular flexibility index (Phi) is 6.04. The summed E-state index contributed by atoms with van der Waals surface area (Å²) >= 11 is 6.00. The molecule has 0 aromatic carbocycles. The summed E-state index contributed by atoms with van der Waals surface area (Å²) in [6.07, 6.45) is 3.91. The van der Waals surface area contributed by atoms with Gasteiger partial charge in [-0.25, -0.2) is 0 Å². The summed E-state index contributed by atoms with van der Waals surface area (Å²) in [7, 11) is 0. The first kappa shape index (κ1) is 13.3. The summed E-state index contributed by atoms with van der Waals surface area (Å²) in [4.78, 5) is 0. The van der Waals surface area contributed by atoms with Crippen molar-refractivity contribution < 1.29 is 0 Å². The van der Waals surface area contributed by atoms with E-state index in [-0.39, 0.29) is 0 Å². The van der Waals surface area contributed by atoms with Crippen molar-refractivity contribution in [2.45, 2.75) is 53.9 Å². The zero-order chi connectivity index (χ0) is 10.5. The first-order chi connectivity index (χ1) is 5.91. The van der Waals surface area contributed by atoms with E-state index in [2.05, 4.69) is 34.6 Å². The second kappa shape index (κ2) is 5.90. The van der Waals surface area contributed by atoms with Crippen LogP contribution in [0.5, 0.6) is 0 Å². The molecule has 0 heterocycles.